The minimum absolute atomic E-state index is 0. The van der Waals surface area contributed by atoms with E-state index in [-0.39, 0.29) is 16.8 Å². The van der Waals surface area contributed by atoms with E-state index in [1.54, 1.807) is 0 Å². The van der Waals surface area contributed by atoms with Crippen molar-refractivity contribution >= 4 is 10.8 Å². The van der Waals surface area contributed by atoms with E-state index < -0.39 is 0 Å². The average Bonchev–Trinajstić information content (AvgIpc) is 2.33. The summed E-state index contributed by atoms with van der Waals surface area (Å²) in [6, 6.07) is 14.7. The van der Waals surface area contributed by atoms with Crippen LogP contribution in [0, 0.1) is 0 Å². The Hall–Kier alpha value is -0.664. The van der Waals surface area contributed by atoms with E-state index in [4.69, 9.17) is 0 Å². The number of benzene rings is 1. The average molecular weight is 174 g/mol. The van der Waals surface area contributed by atoms with E-state index in [2.05, 4.69) is 42.5 Å². The molecule has 0 nitrogen and oxygen atoms in total. The van der Waals surface area contributed by atoms with E-state index in [1.165, 1.54) is 10.8 Å². The van der Waals surface area contributed by atoms with Gasteiger partial charge in [0.1, 0.15) is 0 Å². The molecular weight excluding hydrogens is 167 g/mol. The maximum atomic E-state index is 2.12. The van der Waals surface area contributed by atoms with Crippen LogP contribution >= 0.6 is 0 Å². The predicted molar refractivity (Wildman–Crippen MR) is 39.5 cm³/mol. The second-order valence-electron chi connectivity index (χ2n) is 2.15. The van der Waals surface area contributed by atoms with Crippen molar-refractivity contribution < 1.29 is 16.8 Å². The monoisotopic (exact) mass is 174 g/mol. The Bertz CT molecular complexity index is 279. The van der Waals surface area contributed by atoms with Crippen molar-refractivity contribution in [2.45, 2.75) is 0 Å². The summed E-state index contributed by atoms with van der Waals surface area (Å²) in [4.78, 5) is 0. The molecule has 2 aromatic carbocycles. The van der Waals surface area contributed by atoms with Crippen LogP contribution in [-0.2, 0) is 16.8 Å². The van der Waals surface area contributed by atoms with E-state index >= 15 is 0 Å². The normalized spacial score (nSPS) is 9.20. The van der Waals surface area contributed by atoms with Crippen LogP contribution in [-0.4, -0.2) is 0 Å². The third-order valence-corrected chi connectivity index (χ3v) is 1.55. The Morgan fingerprint density at radius 2 is 1.80 bits per heavy atom. The molecule has 0 saturated heterocycles. The van der Waals surface area contributed by atoms with Crippen molar-refractivity contribution in [2.75, 3.05) is 0 Å². The molecule has 0 fully saturated rings. The Morgan fingerprint density at radius 1 is 1.00 bits per heavy atom. The minimum Gasteiger partial charge on any atom is -0.168 e. The first-order valence-corrected chi connectivity index (χ1v) is 3.07. The van der Waals surface area contributed by atoms with E-state index in [0.717, 1.165) is 0 Å². The van der Waals surface area contributed by atoms with Crippen LogP contribution in [0.1, 0.15) is 0 Å². The van der Waals surface area contributed by atoms with Crippen LogP contribution in [0.25, 0.3) is 10.8 Å². The van der Waals surface area contributed by atoms with Gasteiger partial charge >= 0.3 is 0 Å². The van der Waals surface area contributed by atoms with Crippen LogP contribution in [0.5, 0.6) is 0 Å². The first kappa shape index (κ1) is 7.44. The largest absolute Gasteiger partial charge is 0.168 e. The van der Waals surface area contributed by atoms with Crippen molar-refractivity contribution in [1.29, 1.82) is 0 Å². The maximum Gasteiger partial charge on any atom is 0 e. The smallest absolute Gasteiger partial charge is 0 e. The van der Waals surface area contributed by atoms with Crippen LogP contribution < -0.4 is 0 Å². The fourth-order valence-corrected chi connectivity index (χ4v) is 1.07. The molecule has 0 amide bonds. The predicted octanol–water partition coefficient (Wildman–Crippen LogP) is 2.56. The SMILES string of the molecule is [Co].c1ccc2[cH-]ccc2c1. The topological polar surface area (TPSA) is 0 Å². The zero-order chi connectivity index (χ0) is 6.10. The van der Waals surface area contributed by atoms with Crippen molar-refractivity contribution in [1.82, 2.24) is 0 Å². The van der Waals surface area contributed by atoms with Gasteiger partial charge in [0, 0.05) is 16.8 Å². The van der Waals surface area contributed by atoms with E-state index in [1.807, 2.05) is 0 Å². The van der Waals surface area contributed by atoms with Crippen molar-refractivity contribution in [3.63, 3.8) is 0 Å². The Kier molecular flexibility index (Phi) is 2.19. The molecule has 0 spiro atoms. The third kappa shape index (κ3) is 1.10. The molecule has 2 aromatic rings. The second-order valence-corrected chi connectivity index (χ2v) is 2.15. The molecular formula is C9H7Co-. The fourth-order valence-electron chi connectivity index (χ4n) is 1.07. The van der Waals surface area contributed by atoms with E-state index in [0.29, 0.717) is 0 Å². The first-order chi connectivity index (χ1) is 4.47. The van der Waals surface area contributed by atoms with Crippen LogP contribution in [0.3, 0.4) is 0 Å². The van der Waals surface area contributed by atoms with Crippen molar-refractivity contribution in [2.24, 2.45) is 0 Å². The number of hydrogen-bond donors (Lipinski definition) is 0. The standard InChI is InChI=1S/C9H7.Co/c1-2-5-9-7-3-6-8(9)4-1;/h1-7H;/q-1;. The molecule has 0 unspecified atom stereocenters. The molecule has 0 aromatic heterocycles. The van der Waals surface area contributed by atoms with Gasteiger partial charge in [0.05, 0.1) is 0 Å². The summed E-state index contributed by atoms with van der Waals surface area (Å²) in [5.74, 6) is 0. The molecule has 0 heterocycles. The zero-order valence-electron chi connectivity index (χ0n) is 5.37. The summed E-state index contributed by atoms with van der Waals surface area (Å²) >= 11 is 0. The van der Waals surface area contributed by atoms with Crippen LogP contribution in [0.4, 0.5) is 0 Å². The number of fused-ring (bicyclic) bond motifs is 1. The van der Waals surface area contributed by atoms with Gasteiger partial charge in [-0.15, -0.1) is 29.7 Å². The fraction of sp³-hybridized carbons (Fsp3) is 0. The summed E-state index contributed by atoms with van der Waals surface area (Å²) < 4.78 is 0. The summed E-state index contributed by atoms with van der Waals surface area (Å²) in [7, 11) is 0. The Morgan fingerprint density at radius 3 is 2.60 bits per heavy atom. The second kappa shape index (κ2) is 2.95. The van der Waals surface area contributed by atoms with Crippen LogP contribution in [0.15, 0.2) is 42.5 Å². The molecule has 0 atom stereocenters. The molecule has 1 radical (unpaired) electrons. The molecule has 0 aliphatic heterocycles. The van der Waals surface area contributed by atoms with Gasteiger partial charge in [0.2, 0.25) is 0 Å². The van der Waals surface area contributed by atoms with Crippen molar-refractivity contribution in [3.05, 3.63) is 42.5 Å². The molecule has 0 aliphatic carbocycles. The van der Waals surface area contributed by atoms with Gasteiger partial charge in [-0.3, -0.25) is 0 Å². The van der Waals surface area contributed by atoms with E-state index in [9.17, 15) is 0 Å². The van der Waals surface area contributed by atoms with Gasteiger partial charge in [-0.2, -0.15) is 17.5 Å². The van der Waals surface area contributed by atoms with Gasteiger partial charge in [-0.25, -0.2) is 0 Å². The van der Waals surface area contributed by atoms with Gasteiger partial charge in [0.25, 0.3) is 0 Å². The quantitative estimate of drug-likeness (QED) is 0.538. The Balaban J connectivity index is 0.000000500. The zero-order valence-corrected chi connectivity index (χ0v) is 6.42. The third-order valence-electron chi connectivity index (χ3n) is 1.55. The molecule has 2 rings (SSSR count). The number of hydrogen-bond acceptors (Lipinski definition) is 0. The molecule has 0 bridgehead atoms. The summed E-state index contributed by atoms with van der Waals surface area (Å²) in [6.45, 7) is 0. The van der Waals surface area contributed by atoms with Gasteiger partial charge in [-0.1, -0.05) is 6.07 Å². The first-order valence-electron chi connectivity index (χ1n) is 3.07. The van der Waals surface area contributed by atoms with Crippen molar-refractivity contribution in [3.8, 4) is 0 Å². The molecule has 0 saturated carbocycles. The summed E-state index contributed by atoms with van der Waals surface area (Å²) in [6.07, 6.45) is 0. The molecule has 0 aliphatic rings. The van der Waals surface area contributed by atoms with Crippen LogP contribution in [0.2, 0.25) is 0 Å². The molecule has 10 heavy (non-hydrogen) atoms. The Labute approximate surface area is 70.4 Å². The van der Waals surface area contributed by atoms with Gasteiger partial charge < -0.3 is 0 Å². The maximum absolute atomic E-state index is 2.12. The van der Waals surface area contributed by atoms with Gasteiger partial charge in [-0.05, 0) is 0 Å². The molecule has 0 N–H and O–H groups in total. The number of rotatable bonds is 0. The molecule has 1 heteroatoms. The minimum atomic E-state index is 0. The van der Waals surface area contributed by atoms with Gasteiger partial charge in [0.15, 0.2) is 0 Å². The molecule has 53 valence electrons. The summed E-state index contributed by atoms with van der Waals surface area (Å²) in [5, 5.41) is 2.66. The summed E-state index contributed by atoms with van der Waals surface area (Å²) in [5.41, 5.74) is 0.